The zero-order valence-corrected chi connectivity index (χ0v) is 11.9. The second-order valence-corrected chi connectivity index (χ2v) is 6.96. The van der Waals surface area contributed by atoms with Crippen molar-refractivity contribution >= 4 is 11.8 Å². The van der Waals surface area contributed by atoms with E-state index < -0.39 is 0 Å². The molecule has 0 saturated carbocycles. The molecule has 3 nitrogen and oxygen atoms in total. The molecule has 19 heavy (non-hydrogen) atoms. The van der Waals surface area contributed by atoms with Gasteiger partial charge in [-0.1, -0.05) is 18.2 Å². The standard InChI is InChI=1S/C15H18N2OS/c1-18-14-6-15(19-9-14)10-17(11-15)8-13-5-3-2-4-12(13)7-16/h2-5,14H,6,8-11H2,1H3. The van der Waals surface area contributed by atoms with Gasteiger partial charge in [0.15, 0.2) is 0 Å². The molecular weight excluding hydrogens is 256 g/mol. The van der Waals surface area contributed by atoms with Gasteiger partial charge in [0, 0.05) is 37.2 Å². The monoisotopic (exact) mass is 274 g/mol. The Bertz CT molecular complexity index is 505. The van der Waals surface area contributed by atoms with Crippen molar-refractivity contribution in [1.82, 2.24) is 4.90 Å². The minimum atomic E-state index is 0.419. The van der Waals surface area contributed by atoms with Gasteiger partial charge >= 0.3 is 0 Å². The van der Waals surface area contributed by atoms with Crippen LogP contribution in [0.1, 0.15) is 17.5 Å². The predicted octanol–water partition coefficient (Wildman–Crippen LogP) is 2.26. The molecule has 4 heteroatoms. The summed E-state index contributed by atoms with van der Waals surface area (Å²) in [4.78, 5) is 2.43. The maximum Gasteiger partial charge on any atom is 0.0995 e. The maximum atomic E-state index is 9.10. The molecule has 1 aromatic carbocycles. The highest BCUT2D eigenvalue weighted by Gasteiger charge is 2.48. The molecule has 0 aliphatic carbocycles. The fourth-order valence-electron chi connectivity index (χ4n) is 3.06. The van der Waals surface area contributed by atoms with Gasteiger partial charge < -0.3 is 4.74 Å². The number of benzene rings is 1. The number of methoxy groups -OCH3 is 1. The third-order valence-electron chi connectivity index (χ3n) is 4.06. The van der Waals surface area contributed by atoms with E-state index in [1.54, 1.807) is 0 Å². The first-order valence-corrected chi connectivity index (χ1v) is 7.60. The van der Waals surface area contributed by atoms with Gasteiger partial charge in [0.1, 0.15) is 0 Å². The molecule has 3 rings (SSSR count). The van der Waals surface area contributed by atoms with Crippen molar-refractivity contribution in [3.8, 4) is 6.07 Å². The number of likely N-dealkylation sites (tertiary alicyclic amines) is 1. The van der Waals surface area contributed by atoms with Crippen molar-refractivity contribution in [2.75, 3.05) is 26.0 Å². The minimum absolute atomic E-state index is 0.419. The smallest absolute Gasteiger partial charge is 0.0995 e. The molecule has 1 aromatic rings. The van der Waals surface area contributed by atoms with E-state index in [1.165, 1.54) is 6.42 Å². The zero-order chi connectivity index (χ0) is 13.3. The van der Waals surface area contributed by atoms with Crippen LogP contribution in [0.5, 0.6) is 0 Å². The molecule has 2 aliphatic rings. The van der Waals surface area contributed by atoms with Crippen LogP contribution >= 0.6 is 11.8 Å². The second kappa shape index (κ2) is 5.16. The summed E-state index contributed by atoms with van der Waals surface area (Å²) in [5.41, 5.74) is 1.95. The van der Waals surface area contributed by atoms with Crippen LogP contribution < -0.4 is 0 Å². The molecule has 1 unspecified atom stereocenters. The molecular formula is C15H18N2OS. The fourth-order valence-corrected chi connectivity index (χ4v) is 4.71. The highest BCUT2D eigenvalue weighted by molar-refractivity contribution is 8.01. The van der Waals surface area contributed by atoms with Gasteiger partial charge in [0.2, 0.25) is 0 Å². The summed E-state index contributed by atoms with van der Waals surface area (Å²) in [6, 6.07) is 10.2. The van der Waals surface area contributed by atoms with Crippen molar-refractivity contribution < 1.29 is 4.74 Å². The van der Waals surface area contributed by atoms with Gasteiger partial charge in [-0.3, -0.25) is 4.90 Å². The molecule has 0 bridgehead atoms. The Hall–Kier alpha value is -1.02. The summed E-state index contributed by atoms with van der Waals surface area (Å²) in [5.74, 6) is 1.12. The lowest BCUT2D eigenvalue weighted by molar-refractivity contribution is 0.0631. The third-order valence-corrected chi connectivity index (χ3v) is 5.64. The van der Waals surface area contributed by atoms with Crippen LogP contribution in [0.25, 0.3) is 0 Å². The molecule has 0 aromatic heterocycles. The first-order valence-electron chi connectivity index (χ1n) is 6.62. The molecule has 0 amide bonds. The molecule has 2 aliphatic heterocycles. The van der Waals surface area contributed by atoms with Crippen molar-refractivity contribution in [3.63, 3.8) is 0 Å². The molecule has 2 saturated heterocycles. The number of hydrogen-bond acceptors (Lipinski definition) is 4. The number of hydrogen-bond donors (Lipinski definition) is 0. The van der Waals surface area contributed by atoms with E-state index >= 15 is 0 Å². The van der Waals surface area contributed by atoms with Crippen LogP contribution in [0.3, 0.4) is 0 Å². The Balaban J connectivity index is 1.59. The van der Waals surface area contributed by atoms with Crippen LogP contribution in [0.4, 0.5) is 0 Å². The van der Waals surface area contributed by atoms with Gasteiger partial charge in [-0.15, -0.1) is 11.8 Å². The normalized spacial score (nSPS) is 25.2. The SMILES string of the molecule is COC1CSC2(C1)CN(Cc1ccccc1C#N)C2. The van der Waals surface area contributed by atoms with Crippen molar-refractivity contribution in [1.29, 1.82) is 5.26 Å². The second-order valence-electron chi connectivity index (χ2n) is 5.47. The van der Waals surface area contributed by atoms with E-state index in [9.17, 15) is 0 Å². The highest BCUT2D eigenvalue weighted by Crippen LogP contribution is 2.46. The number of nitriles is 1. The lowest BCUT2D eigenvalue weighted by atomic mass is 9.92. The molecule has 2 fully saturated rings. The van der Waals surface area contributed by atoms with Crippen LogP contribution in [0.2, 0.25) is 0 Å². The van der Waals surface area contributed by atoms with E-state index in [4.69, 9.17) is 10.00 Å². The van der Waals surface area contributed by atoms with Crippen LogP contribution in [-0.2, 0) is 11.3 Å². The number of thioether (sulfide) groups is 1. The summed E-state index contributed by atoms with van der Waals surface area (Å²) in [5, 5.41) is 9.10. The van der Waals surface area contributed by atoms with E-state index in [1.807, 2.05) is 25.3 Å². The summed E-state index contributed by atoms with van der Waals surface area (Å²) >= 11 is 2.06. The molecule has 1 atom stereocenters. The fraction of sp³-hybridized carbons (Fsp3) is 0.533. The quantitative estimate of drug-likeness (QED) is 0.847. The summed E-state index contributed by atoms with van der Waals surface area (Å²) < 4.78 is 5.87. The largest absolute Gasteiger partial charge is 0.381 e. The Kier molecular flexibility index (Phi) is 3.53. The molecule has 100 valence electrons. The highest BCUT2D eigenvalue weighted by atomic mass is 32.2. The molecule has 0 N–H and O–H groups in total. The number of nitrogens with zero attached hydrogens (tertiary/aromatic N) is 2. The topological polar surface area (TPSA) is 36.3 Å². The first-order chi connectivity index (χ1) is 9.24. The van der Waals surface area contributed by atoms with Crippen LogP contribution in [0, 0.1) is 11.3 Å². The first kappa shape index (κ1) is 13.0. The van der Waals surface area contributed by atoms with Crippen molar-refractivity contribution in [2.45, 2.75) is 23.8 Å². The lowest BCUT2D eigenvalue weighted by Gasteiger charge is -2.47. The minimum Gasteiger partial charge on any atom is -0.381 e. The summed E-state index contributed by atoms with van der Waals surface area (Å²) in [6.45, 7) is 3.14. The summed E-state index contributed by atoms with van der Waals surface area (Å²) in [6.07, 6.45) is 1.60. The average Bonchev–Trinajstić information content (AvgIpc) is 2.83. The van der Waals surface area contributed by atoms with Gasteiger partial charge in [0.05, 0.1) is 17.7 Å². The Morgan fingerprint density at radius 2 is 2.26 bits per heavy atom. The van der Waals surface area contributed by atoms with Gasteiger partial charge in [0.25, 0.3) is 0 Å². The summed E-state index contributed by atoms with van der Waals surface area (Å²) in [7, 11) is 1.81. The lowest BCUT2D eigenvalue weighted by Crippen LogP contribution is -2.58. The van der Waals surface area contributed by atoms with E-state index in [0.29, 0.717) is 10.9 Å². The Morgan fingerprint density at radius 1 is 1.47 bits per heavy atom. The van der Waals surface area contributed by atoms with Crippen LogP contribution in [0.15, 0.2) is 24.3 Å². The molecule has 0 radical (unpaired) electrons. The molecule has 2 heterocycles. The third kappa shape index (κ3) is 2.51. The van der Waals surface area contributed by atoms with Gasteiger partial charge in [-0.2, -0.15) is 5.26 Å². The molecule has 1 spiro atoms. The Labute approximate surface area is 118 Å². The zero-order valence-electron chi connectivity index (χ0n) is 11.1. The number of ether oxygens (including phenoxy) is 1. The van der Waals surface area contributed by atoms with E-state index in [2.05, 4.69) is 28.8 Å². The van der Waals surface area contributed by atoms with E-state index in [0.717, 1.165) is 36.5 Å². The maximum absolute atomic E-state index is 9.10. The van der Waals surface area contributed by atoms with E-state index in [-0.39, 0.29) is 0 Å². The number of rotatable bonds is 3. The van der Waals surface area contributed by atoms with Crippen LogP contribution in [-0.4, -0.2) is 41.7 Å². The average molecular weight is 274 g/mol. The predicted molar refractivity (Wildman–Crippen MR) is 77.0 cm³/mol. The Morgan fingerprint density at radius 3 is 2.95 bits per heavy atom. The van der Waals surface area contributed by atoms with Crippen molar-refractivity contribution in [2.24, 2.45) is 0 Å². The van der Waals surface area contributed by atoms with Gasteiger partial charge in [-0.25, -0.2) is 0 Å². The van der Waals surface area contributed by atoms with Gasteiger partial charge in [-0.05, 0) is 18.1 Å². The van der Waals surface area contributed by atoms with Crippen molar-refractivity contribution in [3.05, 3.63) is 35.4 Å².